The Balaban J connectivity index is 2.97. The summed E-state index contributed by atoms with van der Waals surface area (Å²) < 4.78 is 72.6. The number of hydrogen-bond donors (Lipinski definition) is 1. The maximum absolute atomic E-state index is 13.7. The predicted molar refractivity (Wildman–Crippen MR) is 92.5 cm³/mol. The highest BCUT2D eigenvalue weighted by molar-refractivity contribution is 7.10. The van der Waals surface area contributed by atoms with Crippen molar-refractivity contribution < 1.29 is 36.6 Å². The number of esters is 1. The smallest absolute Gasteiger partial charge is 0.433 e. The van der Waals surface area contributed by atoms with Crippen LogP contribution in [0.1, 0.15) is 64.1 Å². The molecule has 2 heterocycles. The number of methoxy groups -OCH3 is 1. The molecular formula is C18H18F5NO3S. The third-order valence-electron chi connectivity index (χ3n) is 3.93. The van der Waals surface area contributed by atoms with Crippen LogP contribution in [0.25, 0.3) is 0 Å². The first-order chi connectivity index (χ1) is 13.0. The minimum atomic E-state index is -5.11. The van der Waals surface area contributed by atoms with Gasteiger partial charge in [-0.3, -0.25) is 0 Å². The summed E-state index contributed by atoms with van der Waals surface area (Å²) in [6, 6.07) is 2.94. The van der Waals surface area contributed by atoms with Gasteiger partial charge in [-0.2, -0.15) is 13.2 Å². The van der Waals surface area contributed by atoms with Crippen molar-refractivity contribution in [2.75, 3.05) is 7.11 Å². The van der Waals surface area contributed by atoms with E-state index in [-0.39, 0.29) is 22.8 Å². The molecule has 0 spiro atoms. The quantitative estimate of drug-likeness (QED) is 0.515. The molecule has 0 aromatic carbocycles. The molecule has 2 aromatic rings. The molecule has 0 fully saturated rings. The normalized spacial score (nSPS) is 13.2. The summed E-state index contributed by atoms with van der Waals surface area (Å²) in [6.07, 6.45) is -10.5. The van der Waals surface area contributed by atoms with E-state index in [1.807, 2.05) is 0 Å². The van der Waals surface area contributed by atoms with Crippen molar-refractivity contribution in [1.29, 1.82) is 0 Å². The molecule has 0 amide bonds. The summed E-state index contributed by atoms with van der Waals surface area (Å²) in [7, 11) is 0.934. The van der Waals surface area contributed by atoms with Gasteiger partial charge in [-0.1, -0.05) is 19.9 Å². The second-order valence-electron chi connectivity index (χ2n) is 6.42. The number of pyridine rings is 1. The van der Waals surface area contributed by atoms with Crippen molar-refractivity contribution in [2.45, 2.75) is 39.0 Å². The highest BCUT2D eigenvalue weighted by atomic mass is 32.1. The van der Waals surface area contributed by atoms with Crippen LogP contribution in [-0.4, -0.2) is 23.2 Å². The molecule has 0 saturated carbocycles. The molecule has 1 unspecified atom stereocenters. The zero-order valence-electron chi connectivity index (χ0n) is 15.2. The molecule has 0 aliphatic heterocycles. The van der Waals surface area contributed by atoms with Crippen LogP contribution in [0, 0.1) is 5.92 Å². The Labute approximate surface area is 162 Å². The van der Waals surface area contributed by atoms with Gasteiger partial charge in [-0.15, -0.1) is 11.3 Å². The van der Waals surface area contributed by atoms with E-state index in [2.05, 4.69) is 9.72 Å². The molecular weight excluding hydrogens is 405 g/mol. The first kappa shape index (κ1) is 22.2. The Morgan fingerprint density at radius 1 is 1.32 bits per heavy atom. The van der Waals surface area contributed by atoms with Crippen LogP contribution in [0.15, 0.2) is 17.5 Å². The lowest BCUT2D eigenvalue weighted by atomic mass is 9.88. The lowest BCUT2D eigenvalue weighted by Gasteiger charge is -2.24. The summed E-state index contributed by atoms with van der Waals surface area (Å²) in [5.41, 5.74) is -4.71. The van der Waals surface area contributed by atoms with E-state index in [1.165, 1.54) is 12.1 Å². The van der Waals surface area contributed by atoms with E-state index in [0.717, 1.165) is 18.4 Å². The Kier molecular flexibility index (Phi) is 6.76. The number of carbonyl (C=O) groups is 1. The third-order valence-corrected chi connectivity index (χ3v) is 4.86. The van der Waals surface area contributed by atoms with Gasteiger partial charge in [-0.25, -0.2) is 18.6 Å². The number of hydrogen-bond acceptors (Lipinski definition) is 5. The molecule has 154 valence electrons. The molecule has 10 heteroatoms. The summed E-state index contributed by atoms with van der Waals surface area (Å²) in [5, 5.41) is 12.2. The Morgan fingerprint density at radius 2 is 1.96 bits per heavy atom. The molecule has 1 N–H and O–H groups in total. The van der Waals surface area contributed by atoms with Gasteiger partial charge in [0.25, 0.3) is 6.43 Å². The van der Waals surface area contributed by atoms with Gasteiger partial charge in [0.15, 0.2) is 5.69 Å². The van der Waals surface area contributed by atoms with Crippen molar-refractivity contribution in [3.63, 3.8) is 0 Å². The van der Waals surface area contributed by atoms with Crippen molar-refractivity contribution in [2.24, 2.45) is 5.92 Å². The fraction of sp³-hybridized carbons (Fsp3) is 0.444. The topological polar surface area (TPSA) is 59.4 Å². The van der Waals surface area contributed by atoms with Crippen LogP contribution in [0.4, 0.5) is 22.0 Å². The number of alkyl halides is 5. The molecule has 1 atom stereocenters. The zero-order valence-corrected chi connectivity index (χ0v) is 16.0. The molecule has 28 heavy (non-hydrogen) atoms. The Morgan fingerprint density at radius 3 is 2.39 bits per heavy atom. The number of thiophene rings is 1. The third kappa shape index (κ3) is 4.49. The first-order valence-corrected chi connectivity index (χ1v) is 9.08. The van der Waals surface area contributed by atoms with Gasteiger partial charge in [0.1, 0.15) is 11.8 Å². The summed E-state index contributed by atoms with van der Waals surface area (Å²) in [5.74, 6) is -1.53. The summed E-state index contributed by atoms with van der Waals surface area (Å²) >= 11 is 0.994. The van der Waals surface area contributed by atoms with E-state index in [1.54, 1.807) is 19.2 Å². The Bertz CT molecular complexity index is 835. The van der Waals surface area contributed by atoms with E-state index in [4.69, 9.17) is 0 Å². The van der Waals surface area contributed by atoms with Gasteiger partial charge in [0.05, 0.1) is 12.7 Å². The second kappa shape index (κ2) is 8.52. The van der Waals surface area contributed by atoms with Gasteiger partial charge in [0, 0.05) is 10.4 Å². The van der Waals surface area contributed by atoms with Crippen molar-refractivity contribution in [3.8, 4) is 0 Å². The molecule has 0 bridgehead atoms. The minimum absolute atomic E-state index is 0.159. The average Bonchev–Trinajstić information content (AvgIpc) is 3.12. The van der Waals surface area contributed by atoms with Gasteiger partial charge in [0.2, 0.25) is 0 Å². The van der Waals surface area contributed by atoms with Crippen molar-refractivity contribution in [1.82, 2.24) is 4.98 Å². The largest absolute Gasteiger partial charge is 0.465 e. The number of aromatic nitrogens is 1. The van der Waals surface area contributed by atoms with Crippen LogP contribution in [0.5, 0.6) is 0 Å². The minimum Gasteiger partial charge on any atom is -0.465 e. The van der Waals surface area contributed by atoms with Gasteiger partial charge in [-0.05, 0) is 29.3 Å². The standard InChI is InChI=1S/C18H18F5NO3S/c1-8(2)7-9-11(17(26)27-3)13(16(19)20)24-15(18(21,22)23)12(9)14(25)10-5-4-6-28-10/h4-6,8,14,16,25H,7H2,1-3H3. The fourth-order valence-electron chi connectivity index (χ4n) is 2.88. The predicted octanol–water partition coefficient (Wildman–Crippen LogP) is 5.17. The second-order valence-corrected chi connectivity index (χ2v) is 7.40. The lowest BCUT2D eigenvalue weighted by Crippen LogP contribution is -2.24. The fourth-order valence-corrected chi connectivity index (χ4v) is 3.59. The first-order valence-electron chi connectivity index (χ1n) is 8.20. The van der Waals surface area contributed by atoms with Crippen LogP contribution in [-0.2, 0) is 17.3 Å². The van der Waals surface area contributed by atoms with Crippen LogP contribution < -0.4 is 0 Å². The van der Waals surface area contributed by atoms with Crippen LogP contribution in [0.3, 0.4) is 0 Å². The maximum Gasteiger partial charge on any atom is 0.433 e. The number of nitrogens with zero attached hydrogens (tertiary/aromatic N) is 1. The average molecular weight is 423 g/mol. The van der Waals surface area contributed by atoms with Crippen LogP contribution >= 0.6 is 11.3 Å². The van der Waals surface area contributed by atoms with E-state index < -0.39 is 47.2 Å². The Hall–Kier alpha value is -2.07. The number of carbonyl (C=O) groups excluding carboxylic acids is 1. The van der Waals surface area contributed by atoms with Gasteiger partial charge < -0.3 is 9.84 Å². The molecule has 0 saturated heterocycles. The van der Waals surface area contributed by atoms with Crippen molar-refractivity contribution in [3.05, 3.63) is 50.5 Å². The molecule has 2 aromatic heterocycles. The number of rotatable bonds is 6. The highest BCUT2D eigenvalue weighted by Gasteiger charge is 2.42. The molecule has 0 aliphatic rings. The SMILES string of the molecule is COC(=O)c1c(C(F)F)nc(C(F)(F)F)c(C(O)c2cccs2)c1CC(C)C. The van der Waals surface area contributed by atoms with Crippen molar-refractivity contribution >= 4 is 17.3 Å². The summed E-state index contributed by atoms with van der Waals surface area (Å²) in [4.78, 5) is 15.5. The van der Waals surface area contributed by atoms with Gasteiger partial charge >= 0.3 is 12.1 Å². The molecule has 4 nitrogen and oxygen atoms in total. The molecule has 2 rings (SSSR count). The lowest BCUT2D eigenvalue weighted by molar-refractivity contribution is -0.143. The van der Waals surface area contributed by atoms with Crippen LogP contribution in [0.2, 0.25) is 0 Å². The zero-order chi connectivity index (χ0) is 21.2. The molecule has 0 radical (unpaired) electrons. The number of ether oxygens (including phenoxy) is 1. The molecule has 0 aliphatic carbocycles. The number of halogens is 5. The maximum atomic E-state index is 13.7. The number of aliphatic hydroxyl groups is 1. The highest BCUT2D eigenvalue weighted by Crippen LogP contribution is 2.42. The monoisotopic (exact) mass is 423 g/mol. The van der Waals surface area contributed by atoms with E-state index in [9.17, 15) is 31.9 Å². The van der Waals surface area contributed by atoms with E-state index in [0.29, 0.717) is 0 Å². The summed E-state index contributed by atoms with van der Waals surface area (Å²) in [6.45, 7) is 3.30. The van der Waals surface area contributed by atoms with E-state index >= 15 is 0 Å². The number of aliphatic hydroxyl groups excluding tert-OH is 1.